The van der Waals surface area contributed by atoms with E-state index in [0.717, 1.165) is 19.6 Å². The summed E-state index contributed by atoms with van der Waals surface area (Å²) in [5.74, 6) is 1.54. The van der Waals surface area contributed by atoms with Crippen LogP contribution in [0, 0.1) is 17.3 Å². The SMILES string of the molecule is CC(C)CNC1CC(C)CN(C(=O)C(C)(C)C)C1. The zero-order valence-corrected chi connectivity index (χ0v) is 12.9. The molecule has 0 spiro atoms. The molecule has 3 nitrogen and oxygen atoms in total. The van der Waals surface area contributed by atoms with Crippen molar-refractivity contribution in [3.8, 4) is 0 Å². The number of nitrogens with zero attached hydrogens (tertiary/aromatic N) is 1. The molecule has 0 saturated carbocycles. The molecule has 1 rings (SSSR count). The summed E-state index contributed by atoms with van der Waals surface area (Å²) in [7, 11) is 0. The smallest absolute Gasteiger partial charge is 0.228 e. The van der Waals surface area contributed by atoms with E-state index in [2.05, 4.69) is 26.1 Å². The third-order valence-electron chi connectivity index (χ3n) is 3.40. The van der Waals surface area contributed by atoms with Crippen molar-refractivity contribution in [3.05, 3.63) is 0 Å². The molecule has 0 aromatic heterocycles. The number of likely N-dealkylation sites (tertiary alicyclic amines) is 1. The molecular formula is C15H30N2O. The lowest BCUT2D eigenvalue weighted by molar-refractivity contribution is -0.141. The molecule has 1 fully saturated rings. The van der Waals surface area contributed by atoms with Gasteiger partial charge in [0.15, 0.2) is 0 Å². The van der Waals surface area contributed by atoms with Gasteiger partial charge in [-0.25, -0.2) is 0 Å². The average Bonchev–Trinajstić information content (AvgIpc) is 2.23. The Hall–Kier alpha value is -0.570. The lowest BCUT2D eigenvalue weighted by Gasteiger charge is -2.40. The fourth-order valence-electron chi connectivity index (χ4n) is 2.54. The lowest BCUT2D eigenvalue weighted by Crippen LogP contribution is -2.53. The van der Waals surface area contributed by atoms with Gasteiger partial charge in [0.2, 0.25) is 5.91 Å². The maximum absolute atomic E-state index is 12.3. The van der Waals surface area contributed by atoms with Crippen LogP contribution in [0.15, 0.2) is 0 Å². The molecule has 1 N–H and O–H groups in total. The van der Waals surface area contributed by atoms with Crippen molar-refractivity contribution < 1.29 is 4.79 Å². The van der Waals surface area contributed by atoms with Crippen LogP contribution in [0.3, 0.4) is 0 Å². The summed E-state index contributed by atoms with van der Waals surface area (Å²) in [6.45, 7) is 15.5. The molecule has 3 heteroatoms. The topological polar surface area (TPSA) is 32.3 Å². The van der Waals surface area contributed by atoms with Gasteiger partial charge in [0.1, 0.15) is 0 Å². The summed E-state index contributed by atoms with van der Waals surface area (Å²) in [5, 5.41) is 3.59. The molecule has 0 bridgehead atoms. The summed E-state index contributed by atoms with van der Waals surface area (Å²) in [6, 6.07) is 0.461. The van der Waals surface area contributed by atoms with Crippen LogP contribution in [0.4, 0.5) is 0 Å². The highest BCUT2D eigenvalue weighted by atomic mass is 16.2. The normalized spacial score (nSPS) is 25.6. The Morgan fingerprint density at radius 2 is 1.94 bits per heavy atom. The van der Waals surface area contributed by atoms with Crippen molar-refractivity contribution in [2.75, 3.05) is 19.6 Å². The minimum Gasteiger partial charge on any atom is -0.340 e. The van der Waals surface area contributed by atoms with Crippen molar-refractivity contribution in [2.24, 2.45) is 17.3 Å². The van der Waals surface area contributed by atoms with Gasteiger partial charge in [0.05, 0.1) is 0 Å². The van der Waals surface area contributed by atoms with Crippen molar-refractivity contribution >= 4 is 5.91 Å². The Morgan fingerprint density at radius 3 is 2.44 bits per heavy atom. The first-order valence-electron chi connectivity index (χ1n) is 7.23. The minimum absolute atomic E-state index is 0.264. The first-order chi connectivity index (χ1) is 8.20. The van der Waals surface area contributed by atoms with Gasteiger partial charge in [0.25, 0.3) is 0 Å². The van der Waals surface area contributed by atoms with Crippen LogP contribution < -0.4 is 5.32 Å². The number of carbonyl (C=O) groups excluding carboxylic acids is 1. The van der Waals surface area contributed by atoms with Crippen LogP contribution >= 0.6 is 0 Å². The molecular weight excluding hydrogens is 224 g/mol. The molecule has 1 aliphatic rings. The summed E-state index contributed by atoms with van der Waals surface area (Å²) < 4.78 is 0. The molecule has 0 aliphatic carbocycles. The molecule has 0 radical (unpaired) electrons. The number of hydrogen-bond acceptors (Lipinski definition) is 2. The molecule has 106 valence electrons. The van der Waals surface area contributed by atoms with Gasteiger partial charge in [-0.1, -0.05) is 41.5 Å². The van der Waals surface area contributed by atoms with E-state index in [1.54, 1.807) is 0 Å². The number of carbonyl (C=O) groups is 1. The van der Waals surface area contributed by atoms with E-state index in [1.165, 1.54) is 6.42 Å². The summed E-state index contributed by atoms with van der Waals surface area (Å²) in [6.07, 6.45) is 1.18. The highest BCUT2D eigenvalue weighted by Crippen LogP contribution is 2.23. The molecule has 0 aromatic rings. The largest absolute Gasteiger partial charge is 0.340 e. The monoisotopic (exact) mass is 254 g/mol. The fraction of sp³-hybridized carbons (Fsp3) is 0.933. The average molecular weight is 254 g/mol. The second-order valence-electron chi connectivity index (χ2n) is 7.30. The first kappa shape index (κ1) is 15.5. The molecule has 1 aliphatic heterocycles. The van der Waals surface area contributed by atoms with Crippen LogP contribution in [0.1, 0.15) is 48.0 Å². The zero-order valence-electron chi connectivity index (χ0n) is 12.9. The van der Waals surface area contributed by atoms with Crippen molar-refractivity contribution in [2.45, 2.75) is 54.0 Å². The molecule has 1 heterocycles. The second-order valence-corrected chi connectivity index (χ2v) is 7.30. The Bertz CT molecular complexity index is 281. The number of nitrogens with one attached hydrogen (secondary N) is 1. The zero-order chi connectivity index (χ0) is 13.9. The quantitative estimate of drug-likeness (QED) is 0.839. The maximum Gasteiger partial charge on any atom is 0.228 e. The van der Waals surface area contributed by atoms with E-state index < -0.39 is 0 Å². The predicted molar refractivity (Wildman–Crippen MR) is 76.4 cm³/mol. The van der Waals surface area contributed by atoms with Crippen molar-refractivity contribution in [3.63, 3.8) is 0 Å². The van der Waals surface area contributed by atoms with Crippen LogP contribution in [0.5, 0.6) is 0 Å². The number of hydrogen-bond donors (Lipinski definition) is 1. The van der Waals surface area contributed by atoms with E-state index in [0.29, 0.717) is 17.9 Å². The maximum atomic E-state index is 12.3. The predicted octanol–water partition coefficient (Wildman–Crippen LogP) is 2.52. The number of amides is 1. The van der Waals surface area contributed by atoms with Crippen molar-refractivity contribution in [1.29, 1.82) is 0 Å². The Morgan fingerprint density at radius 1 is 1.33 bits per heavy atom. The lowest BCUT2D eigenvalue weighted by atomic mass is 9.90. The highest BCUT2D eigenvalue weighted by molar-refractivity contribution is 5.81. The number of piperidine rings is 1. The van der Waals surface area contributed by atoms with Gasteiger partial charge in [-0.3, -0.25) is 4.79 Å². The Labute approximate surface area is 112 Å². The highest BCUT2D eigenvalue weighted by Gasteiger charge is 2.33. The van der Waals surface area contributed by atoms with E-state index in [4.69, 9.17) is 0 Å². The molecule has 2 atom stereocenters. The van der Waals surface area contributed by atoms with Gasteiger partial charge in [-0.15, -0.1) is 0 Å². The van der Waals surface area contributed by atoms with E-state index in [1.807, 2.05) is 25.7 Å². The third kappa shape index (κ3) is 4.60. The van der Waals surface area contributed by atoms with Gasteiger partial charge < -0.3 is 10.2 Å². The van der Waals surface area contributed by atoms with Crippen molar-refractivity contribution in [1.82, 2.24) is 10.2 Å². The first-order valence-corrected chi connectivity index (χ1v) is 7.23. The molecule has 18 heavy (non-hydrogen) atoms. The standard InChI is InChI=1S/C15H30N2O/c1-11(2)8-16-13-7-12(3)9-17(10-13)14(18)15(4,5)6/h11-13,16H,7-10H2,1-6H3. The summed E-state index contributed by atoms with van der Waals surface area (Å²) in [5.41, 5.74) is -0.264. The molecule has 1 saturated heterocycles. The van der Waals surface area contributed by atoms with Crippen LogP contribution in [0.2, 0.25) is 0 Å². The van der Waals surface area contributed by atoms with E-state index in [9.17, 15) is 4.79 Å². The van der Waals surface area contributed by atoms with Gasteiger partial charge >= 0.3 is 0 Å². The van der Waals surface area contributed by atoms with Gasteiger partial charge in [-0.05, 0) is 24.8 Å². The second kappa shape index (κ2) is 6.05. The fourth-order valence-corrected chi connectivity index (χ4v) is 2.54. The summed E-state index contributed by atoms with van der Waals surface area (Å²) >= 11 is 0. The molecule has 0 aromatic carbocycles. The third-order valence-corrected chi connectivity index (χ3v) is 3.40. The number of rotatable bonds is 3. The molecule has 2 unspecified atom stereocenters. The van der Waals surface area contributed by atoms with E-state index >= 15 is 0 Å². The van der Waals surface area contributed by atoms with Gasteiger partial charge in [0, 0.05) is 24.5 Å². The molecule has 1 amide bonds. The Balaban J connectivity index is 2.58. The van der Waals surface area contributed by atoms with Crippen LogP contribution in [-0.4, -0.2) is 36.5 Å². The summed E-state index contributed by atoms with van der Waals surface area (Å²) in [4.78, 5) is 14.4. The minimum atomic E-state index is -0.264. The van der Waals surface area contributed by atoms with E-state index in [-0.39, 0.29) is 11.3 Å². The Kier molecular flexibility index (Phi) is 5.20. The van der Waals surface area contributed by atoms with Crippen LogP contribution in [-0.2, 0) is 4.79 Å². The van der Waals surface area contributed by atoms with Gasteiger partial charge in [-0.2, -0.15) is 0 Å². The van der Waals surface area contributed by atoms with Crippen LogP contribution in [0.25, 0.3) is 0 Å².